The van der Waals surface area contributed by atoms with Crippen molar-refractivity contribution in [3.63, 3.8) is 0 Å². The minimum atomic E-state index is -0.0209. The molecule has 19 heavy (non-hydrogen) atoms. The molecular weight excluding hydrogens is 303 g/mol. The van der Waals surface area contributed by atoms with Gasteiger partial charge in [0.15, 0.2) is 5.78 Å². The quantitative estimate of drug-likeness (QED) is 0.685. The lowest BCUT2D eigenvalue weighted by molar-refractivity contribution is 0.0983. The van der Waals surface area contributed by atoms with Gasteiger partial charge >= 0.3 is 0 Å². The number of carbonyl (C=O) groups excluding carboxylic acids is 1. The van der Waals surface area contributed by atoms with Crippen molar-refractivity contribution in [1.82, 2.24) is 0 Å². The zero-order valence-corrected chi connectivity index (χ0v) is 12.3. The highest BCUT2D eigenvalue weighted by Crippen LogP contribution is 2.26. The van der Waals surface area contributed by atoms with E-state index >= 15 is 0 Å². The lowest BCUT2D eigenvalue weighted by Crippen LogP contribution is -2.02. The van der Waals surface area contributed by atoms with E-state index in [-0.39, 0.29) is 5.78 Å². The lowest BCUT2D eigenvalue weighted by Gasteiger charge is -2.05. The fraction of sp³-hybridized carbons (Fsp3) is 0.133. The largest absolute Gasteiger partial charge is 0.294 e. The summed E-state index contributed by atoms with van der Waals surface area (Å²) in [6, 6.07) is 12.6. The Hall–Kier alpha value is -1.02. The van der Waals surface area contributed by atoms with Crippen LogP contribution in [0.3, 0.4) is 0 Å². The monoisotopic (exact) mass is 312 g/mol. The van der Waals surface area contributed by atoms with Gasteiger partial charge in [-0.05, 0) is 36.2 Å². The van der Waals surface area contributed by atoms with Gasteiger partial charge in [-0.3, -0.25) is 4.79 Å². The van der Waals surface area contributed by atoms with Gasteiger partial charge < -0.3 is 0 Å². The van der Waals surface area contributed by atoms with E-state index in [1.807, 2.05) is 18.2 Å². The molecule has 0 spiro atoms. The summed E-state index contributed by atoms with van der Waals surface area (Å²) in [7, 11) is 0. The third kappa shape index (κ3) is 3.73. The Morgan fingerprint density at radius 3 is 2.47 bits per heavy atom. The van der Waals surface area contributed by atoms with Crippen LogP contribution >= 0.6 is 34.8 Å². The molecule has 0 unspecified atom stereocenters. The van der Waals surface area contributed by atoms with Gasteiger partial charge in [-0.1, -0.05) is 53.0 Å². The van der Waals surface area contributed by atoms with E-state index in [2.05, 4.69) is 0 Å². The van der Waals surface area contributed by atoms with E-state index in [9.17, 15) is 4.79 Å². The smallest absolute Gasteiger partial charge is 0.164 e. The van der Waals surface area contributed by atoms with Crippen molar-refractivity contribution in [2.45, 2.75) is 12.8 Å². The molecule has 0 radical (unpaired) electrons. The molecule has 0 bridgehead atoms. The minimum absolute atomic E-state index is 0.0209. The molecule has 0 atom stereocenters. The molecule has 0 saturated heterocycles. The molecule has 0 aliphatic heterocycles. The van der Waals surface area contributed by atoms with Crippen molar-refractivity contribution in [2.24, 2.45) is 0 Å². The predicted octanol–water partition coefficient (Wildman–Crippen LogP) is 5.46. The van der Waals surface area contributed by atoms with E-state index in [1.54, 1.807) is 24.3 Å². The van der Waals surface area contributed by atoms with Crippen molar-refractivity contribution in [3.05, 3.63) is 68.7 Å². The number of Topliss-reactive ketones (excluding diaryl/α,β-unsaturated/α-hetero) is 1. The summed E-state index contributed by atoms with van der Waals surface area (Å²) in [5, 5.41) is 1.39. The first kappa shape index (κ1) is 14.4. The number of benzene rings is 2. The van der Waals surface area contributed by atoms with E-state index in [0.29, 0.717) is 33.5 Å². The number of aryl methyl sites for hydroxylation is 1. The second-order valence-electron chi connectivity index (χ2n) is 4.15. The number of hydrogen-bond donors (Lipinski definition) is 0. The molecule has 2 aromatic carbocycles. The molecule has 4 heteroatoms. The third-order valence-electron chi connectivity index (χ3n) is 2.78. The first-order chi connectivity index (χ1) is 9.08. The van der Waals surface area contributed by atoms with Gasteiger partial charge in [0.05, 0.1) is 10.0 Å². The van der Waals surface area contributed by atoms with E-state index < -0.39 is 0 Å². The summed E-state index contributed by atoms with van der Waals surface area (Å²) in [6.45, 7) is 0. The topological polar surface area (TPSA) is 17.1 Å². The first-order valence-corrected chi connectivity index (χ1v) is 6.93. The number of halogens is 3. The summed E-state index contributed by atoms with van der Waals surface area (Å²) in [5.74, 6) is -0.0209. The average Bonchev–Trinajstić information content (AvgIpc) is 2.39. The van der Waals surface area contributed by atoms with Crippen LogP contribution in [-0.2, 0) is 6.42 Å². The van der Waals surface area contributed by atoms with E-state index in [1.165, 1.54) is 0 Å². The summed E-state index contributed by atoms with van der Waals surface area (Å²) in [5.41, 5.74) is 1.50. The molecule has 2 rings (SSSR count). The van der Waals surface area contributed by atoms with Crippen molar-refractivity contribution < 1.29 is 4.79 Å². The van der Waals surface area contributed by atoms with Crippen LogP contribution in [0.5, 0.6) is 0 Å². The van der Waals surface area contributed by atoms with Gasteiger partial charge in [0.25, 0.3) is 0 Å². The molecule has 0 fully saturated rings. The van der Waals surface area contributed by atoms with Crippen LogP contribution in [0, 0.1) is 0 Å². The van der Waals surface area contributed by atoms with Crippen LogP contribution in [0.15, 0.2) is 42.5 Å². The summed E-state index contributed by atoms with van der Waals surface area (Å²) in [4.78, 5) is 12.1. The fourth-order valence-corrected chi connectivity index (χ4v) is 2.42. The second kappa shape index (κ2) is 6.42. The second-order valence-corrected chi connectivity index (χ2v) is 5.38. The molecule has 0 heterocycles. The Morgan fingerprint density at radius 2 is 1.74 bits per heavy atom. The molecule has 1 nitrogen and oxygen atoms in total. The SMILES string of the molecule is O=C(CCc1cccc(Cl)c1)c1cccc(Cl)c1Cl. The number of ketones is 1. The van der Waals surface area contributed by atoms with E-state index in [4.69, 9.17) is 34.8 Å². The normalized spacial score (nSPS) is 10.5. The van der Waals surface area contributed by atoms with Crippen molar-refractivity contribution in [3.8, 4) is 0 Å². The molecular formula is C15H11Cl3O. The number of rotatable bonds is 4. The standard InChI is InChI=1S/C15H11Cl3O/c16-11-4-1-3-10(9-11)7-8-14(19)12-5-2-6-13(17)15(12)18/h1-6,9H,7-8H2. The summed E-state index contributed by atoms with van der Waals surface area (Å²) >= 11 is 17.8. The molecule has 98 valence electrons. The summed E-state index contributed by atoms with van der Waals surface area (Å²) in [6.07, 6.45) is 1.00. The number of hydrogen-bond acceptors (Lipinski definition) is 1. The predicted molar refractivity (Wildman–Crippen MR) is 80.6 cm³/mol. The first-order valence-electron chi connectivity index (χ1n) is 5.79. The molecule has 0 aromatic heterocycles. The zero-order valence-electron chi connectivity index (χ0n) is 10.00. The van der Waals surface area contributed by atoms with Gasteiger partial charge in [0, 0.05) is 17.0 Å². The van der Waals surface area contributed by atoms with Crippen LogP contribution in [0.1, 0.15) is 22.3 Å². The van der Waals surface area contributed by atoms with Crippen molar-refractivity contribution in [2.75, 3.05) is 0 Å². The Kier molecular flexibility index (Phi) is 4.87. The fourth-order valence-electron chi connectivity index (χ4n) is 1.80. The van der Waals surface area contributed by atoms with Crippen LogP contribution < -0.4 is 0 Å². The van der Waals surface area contributed by atoms with Crippen molar-refractivity contribution >= 4 is 40.6 Å². The maximum Gasteiger partial charge on any atom is 0.164 e. The highest BCUT2D eigenvalue weighted by atomic mass is 35.5. The molecule has 0 saturated carbocycles. The molecule has 0 aliphatic rings. The summed E-state index contributed by atoms with van der Waals surface area (Å²) < 4.78 is 0. The van der Waals surface area contributed by atoms with Gasteiger partial charge in [-0.2, -0.15) is 0 Å². The Morgan fingerprint density at radius 1 is 1.00 bits per heavy atom. The minimum Gasteiger partial charge on any atom is -0.294 e. The lowest BCUT2D eigenvalue weighted by atomic mass is 10.0. The zero-order chi connectivity index (χ0) is 13.8. The Balaban J connectivity index is 2.08. The maximum atomic E-state index is 12.1. The van der Waals surface area contributed by atoms with Gasteiger partial charge in [-0.25, -0.2) is 0 Å². The molecule has 0 aliphatic carbocycles. The molecule has 0 amide bonds. The van der Waals surface area contributed by atoms with Crippen LogP contribution in [0.25, 0.3) is 0 Å². The highest BCUT2D eigenvalue weighted by molar-refractivity contribution is 6.43. The van der Waals surface area contributed by atoms with Crippen LogP contribution in [-0.4, -0.2) is 5.78 Å². The van der Waals surface area contributed by atoms with Crippen molar-refractivity contribution in [1.29, 1.82) is 0 Å². The maximum absolute atomic E-state index is 12.1. The Bertz CT molecular complexity index is 608. The van der Waals surface area contributed by atoms with Gasteiger partial charge in [0.1, 0.15) is 0 Å². The van der Waals surface area contributed by atoms with Crippen LogP contribution in [0.2, 0.25) is 15.1 Å². The number of carbonyl (C=O) groups is 1. The molecule has 2 aromatic rings. The van der Waals surface area contributed by atoms with Crippen LogP contribution in [0.4, 0.5) is 0 Å². The average molecular weight is 314 g/mol. The third-order valence-corrected chi connectivity index (χ3v) is 3.84. The molecule has 0 N–H and O–H groups in total. The van der Waals surface area contributed by atoms with Gasteiger partial charge in [-0.15, -0.1) is 0 Å². The van der Waals surface area contributed by atoms with Gasteiger partial charge in [0.2, 0.25) is 0 Å². The van der Waals surface area contributed by atoms with E-state index in [0.717, 1.165) is 5.56 Å². The Labute approximate surface area is 127 Å². The highest BCUT2D eigenvalue weighted by Gasteiger charge is 2.12.